The van der Waals surface area contributed by atoms with Gasteiger partial charge < -0.3 is 10.2 Å². The summed E-state index contributed by atoms with van der Waals surface area (Å²) in [7, 11) is 1.71. The summed E-state index contributed by atoms with van der Waals surface area (Å²) in [6.07, 6.45) is 6.40. The molecule has 146 valence electrons. The van der Waals surface area contributed by atoms with Crippen molar-refractivity contribution in [1.82, 2.24) is 19.3 Å². The van der Waals surface area contributed by atoms with Crippen LogP contribution in [-0.2, 0) is 18.4 Å². The minimum absolute atomic E-state index is 0.137. The number of nitrogens with zero attached hydrogens (tertiary/aromatic N) is 5. The van der Waals surface area contributed by atoms with E-state index in [-0.39, 0.29) is 18.0 Å². The summed E-state index contributed by atoms with van der Waals surface area (Å²) in [6.45, 7) is 1.86. The van der Waals surface area contributed by atoms with Crippen molar-refractivity contribution in [2.24, 2.45) is 7.05 Å². The van der Waals surface area contributed by atoms with E-state index in [9.17, 15) is 9.59 Å². The molecule has 0 spiro atoms. The average molecular weight is 401 g/mol. The van der Waals surface area contributed by atoms with Gasteiger partial charge in [-0.2, -0.15) is 5.10 Å². The highest BCUT2D eigenvalue weighted by Crippen LogP contribution is 2.30. The summed E-state index contributed by atoms with van der Waals surface area (Å²) in [5.41, 5.74) is 1.77. The number of carbonyl (C=O) groups excluding carboxylic acids is 1. The summed E-state index contributed by atoms with van der Waals surface area (Å²) < 4.78 is 2.79. The number of amides is 1. The number of halogens is 1. The first kappa shape index (κ1) is 18.5. The van der Waals surface area contributed by atoms with Crippen molar-refractivity contribution < 1.29 is 4.79 Å². The lowest BCUT2D eigenvalue weighted by Crippen LogP contribution is -2.29. The van der Waals surface area contributed by atoms with E-state index >= 15 is 0 Å². The molecule has 28 heavy (non-hydrogen) atoms. The molecule has 3 heterocycles. The molecule has 9 heteroatoms. The third-order valence-electron chi connectivity index (χ3n) is 4.96. The van der Waals surface area contributed by atoms with E-state index in [1.165, 1.54) is 41.0 Å². The molecule has 2 aromatic heterocycles. The molecule has 0 saturated carbocycles. The third kappa shape index (κ3) is 3.60. The fourth-order valence-corrected chi connectivity index (χ4v) is 3.81. The molecule has 1 N–H and O–H groups in total. The minimum Gasteiger partial charge on any atom is -0.370 e. The molecule has 0 atom stereocenters. The molecule has 1 aliphatic heterocycles. The Bertz CT molecular complexity index is 1080. The van der Waals surface area contributed by atoms with Crippen LogP contribution >= 0.6 is 11.6 Å². The van der Waals surface area contributed by atoms with Gasteiger partial charge in [-0.15, -0.1) is 0 Å². The maximum absolute atomic E-state index is 12.5. The Labute approximate surface area is 166 Å². The van der Waals surface area contributed by atoms with Crippen molar-refractivity contribution in [3.05, 3.63) is 46.1 Å². The van der Waals surface area contributed by atoms with Crippen LogP contribution in [0.1, 0.15) is 19.3 Å². The molecule has 1 aliphatic rings. The van der Waals surface area contributed by atoms with Crippen LogP contribution in [0.3, 0.4) is 0 Å². The normalized spacial score (nSPS) is 14.4. The number of rotatable bonds is 4. The highest BCUT2D eigenvalue weighted by molar-refractivity contribution is 6.33. The number of benzene rings is 1. The lowest BCUT2D eigenvalue weighted by Gasteiger charge is -2.29. The number of fused-ring (bicyclic) bond motifs is 1. The van der Waals surface area contributed by atoms with Crippen molar-refractivity contribution in [1.29, 1.82) is 0 Å². The summed E-state index contributed by atoms with van der Waals surface area (Å²) in [5.74, 6) is -0.325. The van der Waals surface area contributed by atoms with E-state index in [1.807, 2.05) is 12.1 Å². The number of carbonyl (C=O) groups is 1. The maximum atomic E-state index is 12.5. The Morgan fingerprint density at radius 3 is 2.79 bits per heavy atom. The Morgan fingerprint density at radius 1 is 1.25 bits per heavy atom. The first-order chi connectivity index (χ1) is 13.5. The predicted molar refractivity (Wildman–Crippen MR) is 109 cm³/mol. The molecule has 8 nitrogen and oxygen atoms in total. The van der Waals surface area contributed by atoms with Gasteiger partial charge in [0.2, 0.25) is 5.91 Å². The number of hydrogen-bond acceptors (Lipinski definition) is 5. The molecular weight excluding hydrogens is 380 g/mol. The van der Waals surface area contributed by atoms with E-state index in [0.29, 0.717) is 21.7 Å². The summed E-state index contributed by atoms with van der Waals surface area (Å²) in [6, 6.07) is 5.51. The fourth-order valence-electron chi connectivity index (χ4n) is 3.51. The topological polar surface area (TPSA) is 85.0 Å². The van der Waals surface area contributed by atoms with Crippen LogP contribution in [0.25, 0.3) is 11.0 Å². The smallest absolute Gasteiger partial charge is 0.264 e. The first-order valence-electron chi connectivity index (χ1n) is 9.24. The number of aromatic nitrogens is 4. The summed E-state index contributed by atoms with van der Waals surface area (Å²) in [5, 5.41) is 7.80. The van der Waals surface area contributed by atoms with Gasteiger partial charge in [-0.25, -0.2) is 4.98 Å². The van der Waals surface area contributed by atoms with Gasteiger partial charge in [0.1, 0.15) is 18.3 Å². The average Bonchev–Trinajstić information content (AvgIpc) is 3.06. The van der Waals surface area contributed by atoms with Gasteiger partial charge in [0.15, 0.2) is 5.65 Å². The van der Waals surface area contributed by atoms with Crippen molar-refractivity contribution in [3.8, 4) is 0 Å². The number of anilines is 2. The van der Waals surface area contributed by atoms with E-state index in [4.69, 9.17) is 11.6 Å². The van der Waals surface area contributed by atoms with Crippen LogP contribution in [0.4, 0.5) is 11.4 Å². The van der Waals surface area contributed by atoms with E-state index in [0.717, 1.165) is 18.8 Å². The van der Waals surface area contributed by atoms with Crippen LogP contribution < -0.4 is 15.8 Å². The summed E-state index contributed by atoms with van der Waals surface area (Å²) >= 11 is 6.43. The lowest BCUT2D eigenvalue weighted by atomic mass is 10.1. The van der Waals surface area contributed by atoms with E-state index in [1.54, 1.807) is 13.1 Å². The number of aryl methyl sites for hydroxylation is 1. The highest BCUT2D eigenvalue weighted by atomic mass is 35.5. The molecule has 1 aromatic carbocycles. The van der Waals surface area contributed by atoms with Crippen LogP contribution in [0.2, 0.25) is 5.02 Å². The van der Waals surface area contributed by atoms with Gasteiger partial charge in [0.05, 0.1) is 16.9 Å². The molecule has 3 aromatic rings. The van der Waals surface area contributed by atoms with Gasteiger partial charge >= 0.3 is 0 Å². The number of nitrogens with one attached hydrogen (secondary N) is 1. The third-order valence-corrected chi connectivity index (χ3v) is 5.26. The number of hydrogen-bond donors (Lipinski definition) is 1. The zero-order valence-corrected chi connectivity index (χ0v) is 16.3. The Kier molecular flexibility index (Phi) is 5.04. The van der Waals surface area contributed by atoms with Gasteiger partial charge in [-0.3, -0.25) is 18.8 Å². The van der Waals surface area contributed by atoms with Gasteiger partial charge in [0.25, 0.3) is 5.56 Å². The van der Waals surface area contributed by atoms with Crippen LogP contribution in [0.15, 0.2) is 35.5 Å². The van der Waals surface area contributed by atoms with Crippen molar-refractivity contribution >= 4 is 39.9 Å². The molecule has 1 amide bonds. The second-order valence-corrected chi connectivity index (χ2v) is 7.35. The zero-order valence-electron chi connectivity index (χ0n) is 15.6. The highest BCUT2D eigenvalue weighted by Gasteiger charge is 2.15. The molecule has 0 radical (unpaired) electrons. The van der Waals surface area contributed by atoms with Crippen LogP contribution in [0, 0.1) is 0 Å². The molecule has 1 fully saturated rings. The van der Waals surface area contributed by atoms with Gasteiger partial charge in [-0.1, -0.05) is 11.6 Å². The van der Waals surface area contributed by atoms with Crippen molar-refractivity contribution in [2.75, 3.05) is 23.3 Å². The van der Waals surface area contributed by atoms with Crippen LogP contribution in [-0.4, -0.2) is 38.3 Å². The predicted octanol–water partition coefficient (Wildman–Crippen LogP) is 2.41. The number of piperidine rings is 1. The Balaban J connectivity index is 1.47. The van der Waals surface area contributed by atoms with Crippen LogP contribution in [0.5, 0.6) is 0 Å². The minimum atomic E-state index is -0.325. The Morgan fingerprint density at radius 2 is 2.04 bits per heavy atom. The maximum Gasteiger partial charge on any atom is 0.264 e. The molecule has 1 saturated heterocycles. The SMILES string of the molecule is Cn1ncc2c(=O)n(CC(=O)Nc3ccc(N4CCCCC4)c(Cl)c3)cnc21. The molecule has 0 aliphatic carbocycles. The Hall–Kier alpha value is -2.87. The van der Waals surface area contributed by atoms with Gasteiger partial charge in [-0.05, 0) is 37.5 Å². The van der Waals surface area contributed by atoms with E-state index < -0.39 is 0 Å². The lowest BCUT2D eigenvalue weighted by molar-refractivity contribution is -0.116. The standard InChI is InChI=1S/C19H21ClN6O2/c1-24-18-14(10-22-24)19(28)26(12-21-18)11-17(27)23-13-5-6-16(15(20)9-13)25-7-3-2-4-8-25/h5-6,9-10,12H,2-4,7-8,11H2,1H3,(H,23,27). The largest absolute Gasteiger partial charge is 0.370 e. The molecule has 4 rings (SSSR count). The first-order valence-corrected chi connectivity index (χ1v) is 9.62. The fraction of sp³-hybridized carbons (Fsp3) is 0.368. The molecule has 0 bridgehead atoms. The monoisotopic (exact) mass is 400 g/mol. The summed E-state index contributed by atoms with van der Waals surface area (Å²) in [4.78, 5) is 31.3. The second kappa shape index (κ2) is 7.63. The molecular formula is C19H21ClN6O2. The van der Waals surface area contributed by atoms with Gasteiger partial charge in [0, 0.05) is 25.8 Å². The van der Waals surface area contributed by atoms with E-state index in [2.05, 4.69) is 20.3 Å². The van der Waals surface area contributed by atoms with Crippen molar-refractivity contribution in [2.45, 2.75) is 25.8 Å². The zero-order chi connectivity index (χ0) is 19.7. The second-order valence-electron chi connectivity index (χ2n) is 6.95. The quantitative estimate of drug-likeness (QED) is 0.726. The van der Waals surface area contributed by atoms with Crippen molar-refractivity contribution in [3.63, 3.8) is 0 Å². The molecule has 0 unspecified atom stereocenters.